The molecule has 0 saturated carbocycles. The summed E-state index contributed by atoms with van der Waals surface area (Å²) in [5, 5.41) is 6.40. The molecule has 1 amide bonds. The van der Waals surface area contributed by atoms with Gasteiger partial charge in [0.15, 0.2) is 0 Å². The Kier molecular flexibility index (Phi) is 6.02. The van der Waals surface area contributed by atoms with Gasteiger partial charge >= 0.3 is 0 Å². The number of benzene rings is 1. The van der Waals surface area contributed by atoms with E-state index in [1.54, 1.807) is 0 Å². The average Bonchev–Trinajstić information content (AvgIpc) is 3.08. The van der Waals surface area contributed by atoms with Gasteiger partial charge in [0.05, 0.1) is 13.2 Å². The minimum Gasteiger partial charge on any atom is -0.379 e. The molecule has 1 aromatic carbocycles. The van der Waals surface area contributed by atoms with Gasteiger partial charge < -0.3 is 15.4 Å². The number of nitrogens with zero attached hydrogens (tertiary/aromatic N) is 1. The van der Waals surface area contributed by atoms with E-state index in [4.69, 9.17) is 4.74 Å². The van der Waals surface area contributed by atoms with E-state index in [-0.39, 0.29) is 5.91 Å². The molecule has 2 saturated heterocycles. The lowest BCUT2D eigenvalue weighted by Crippen LogP contribution is -2.36. The predicted molar refractivity (Wildman–Crippen MR) is 90.0 cm³/mol. The second-order valence-corrected chi connectivity index (χ2v) is 6.50. The fourth-order valence-electron chi connectivity index (χ4n) is 3.30. The van der Waals surface area contributed by atoms with Crippen LogP contribution in [0.1, 0.15) is 24.0 Å². The average molecular weight is 317 g/mol. The predicted octanol–water partition coefficient (Wildman–Crippen LogP) is 1.13. The van der Waals surface area contributed by atoms with E-state index >= 15 is 0 Å². The SMILES string of the molecule is O=C(CC1CCNC1)NCc1ccccc1CN1CCOCC1. The van der Waals surface area contributed by atoms with Gasteiger partial charge in [0.25, 0.3) is 0 Å². The van der Waals surface area contributed by atoms with Crippen molar-refractivity contribution in [3.63, 3.8) is 0 Å². The first-order valence-corrected chi connectivity index (χ1v) is 8.65. The molecule has 23 heavy (non-hydrogen) atoms. The zero-order valence-electron chi connectivity index (χ0n) is 13.7. The Hall–Kier alpha value is -1.43. The van der Waals surface area contributed by atoms with Gasteiger partial charge in [-0.25, -0.2) is 0 Å². The first kappa shape index (κ1) is 16.4. The van der Waals surface area contributed by atoms with Crippen LogP contribution in [0.2, 0.25) is 0 Å². The minimum absolute atomic E-state index is 0.167. The van der Waals surface area contributed by atoms with Crippen molar-refractivity contribution in [2.24, 2.45) is 5.92 Å². The van der Waals surface area contributed by atoms with Crippen molar-refractivity contribution in [1.29, 1.82) is 0 Å². The molecule has 0 aromatic heterocycles. The summed E-state index contributed by atoms with van der Waals surface area (Å²) in [6.07, 6.45) is 1.75. The fourth-order valence-corrected chi connectivity index (χ4v) is 3.30. The Bertz CT molecular complexity index is 509. The summed E-state index contributed by atoms with van der Waals surface area (Å²) in [7, 11) is 0. The van der Waals surface area contributed by atoms with E-state index in [0.717, 1.165) is 52.4 Å². The molecular formula is C18H27N3O2. The number of morpholine rings is 1. The molecule has 0 radical (unpaired) electrons. The number of amides is 1. The van der Waals surface area contributed by atoms with E-state index in [2.05, 4.69) is 33.7 Å². The number of ether oxygens (including phenoxy) is 1. The van der Waals surface area contributed by atoms with Crippen LogP contribution in [0.5, 0.6) is 0 Å². The molecule has 0 aliphatic carbocycles. The van der Waals surface area contributed by atoms with Crippen molar-refractivity contribution >= 4 is 5.91 Å². The minimum atomic E-state index is 0.167. The van der Waals surface area contributed by atoms with Crippen LogP contribution in [0.15, 0.2) is 24.3 Å². The molecule has 2 aliphatic heterocycles. The molecule has 5 heteroatoms. The van der Waals surface area contributed by atoms with Crippen LogP contribution in [0.4, 0.5) is 0 Å². The van der Waals surface area contributed by atoms with Gasteiger partial charge in [-0.3, -0.25) is 9.69 Å². The highest BCUT2D eigenvalue weighted by Gasteiger charge is 2.18. The molecule has 2 aliphatic rings. The van der Waals surface area contributed by atoms with E-state index in [1.807, 2.05) is 6.07 Å². The summed E-state index contributed by atoms with van der Waals surface area (Å²) in [6, 6.07) is 8.40. The van der Waals surface area contributed by atoms with E-state index in [9.17, 15) is 4.79 Å². The third-order valence-corrected chi connectivity index (χ3v) is 4.73. The monoisotopic (exact) mass is 317 g/mol. The molecule has 1 atom stereocenters. The number of carbonyl (C=O) groups excluding carboxylic acids is 1. The highest BCUT2D eigenvalue weighted by atomic mass is 16.5. The highest BCUT2D eigenvalue weighted by Crippen LogP contribution is 2.14. The maximum atomic E-state index is 12.1. The van der Waals surface area contributed by atoms with Gasteiger partial charge in [0, 0.05) is 32.6 Å². The van der Waals surface area contributed by atoms with Gasteiger partial charge in [-0.15, -0.1) is 0 Å². The van der Waals surface area contributed by atoms with Gasteiger partial charge in [-0.2, -0.15) is 0 Å². The maximum Gasteiger partial charge on any atom is 0.220 e. The zero-order valence-corrected chi connectivity index (χ0v) is 13.7. The summed E-state index contributed by atoms with van der Waals surface area (Å²) in [6.45, 7) is 7.16. The van der Waals surface area contributed by atoms with Crippen molar-refractivity contribution in [1.82, 2.24) is 15.5 Å². The summed E-state index contributed by atoms with van der Waals surface area (Å²) >= 11 is 0. The Labute approximate surface area is 138 Å². The van der Waals surface area contributed by atoms with Crippen molar-refractivity contribution in [3.05, 3.63) is 35.4 Å². The van der Waals surface area contributed by atoms with Crippen molar-refractivity contribution < 1.29 is 9.53 Å². The highest BCUT2D eigenvalue weighted by molar-refractivity contribution is 5.76. The van der Waals surface area contributed by atoms with Gasteiger partial charge in [-0.05, 0) is 36.6 Å². The standard InChI is InChI=1S/C18H27N3O2/c22-18(11-15-5-6-19-12-15)20-13-16-3-1-2-4-17(16)14-21-7-9-23-10-8-21/h1-4,15,19H,5-14H2,(H,20,22). The van der Waals surface area contributed by atoms with Gasteiger partial charge in [0.2, 0.25) is 5.91 Å². The molecule has 1 aromatic rings. The van der Waals surface area contributed by atoms with E-state index in [0.29, 0.717) is 18.9 Å². The first-order valence-electron chi connectivity index (χ1n) is 8.65. The smallest absolute Gasteiger partial charge is 0.220 e. The second kappa shape index (κ2) is 8.43. The lowest BCUT2D eigenvalue weighted by molar-refractivity contribution is -0.122. The molecule has 2 N–H and O–H groups in total. The second-order valence-electron chi connectivity index (χ2n) is 6.50. The van der Waals surface area contributed by atoms with Crippen LogP contribution in [0.3, 0.4) is 0 Å². The Morgan fingerprint density at radius 1 is 1.26 bits per heavy atom. The van der Waals surface area contributed by atoms with Crippen LogP contribution < -0.4 is 10.6 Å². The Morgan fingerprint density at radius 2 is 2.04 bits per heavy atom. The molecular weight excluding hydrogens is 290 g/mol. The maximum absolute atomic E-state index is 12.1. The largest absolute Gasteiger partial charge is 0.379 e. The molecule has 1 unspecified atom stereocenters. The van der Waals surface area contributed by atoms with Crippen LogP contribution >= 0.6 is 0 Å². The Balaban J connectivity index is 1.51. The molecule has 0 spiro atoms. The van der Waals surface area contributed by atoms with Crippen LogP contribution in [0.25, 0.3) is 0 Å². The van der Waals surface area contributed by atoms with Crippen LogP contribution in [-0.2, 0) is 22.6 Å². The molecule has 3 rings (SSSR count). The normalized spacial score (nSPS) is 22.2. The van der Waals surface area contributed by atoms with Crippen LogP contribution in [0, 0.1) is 5.92 Å². The fraction of sp³-hybridized carbons (Fsp3) is 0.611. The molecule has 2 heterocycles. The van der Waals surface area contributed by atoms with Gasteiger partial charge in [0.1, 0.15) is 0 Å². The molecule has 5 nitrogen and oxygen atoms in total. The summed E-state index contributed by atoms with van der Waals surface area (Å²) in [4.78, 5) is 14.5. The number of hydrogen-bond donors (Lipinski definition) is 2. The molecule has 2 fully saturated rings. The summed E-state index contributed by atoms with van der Waals surface area (Å²) in [5.41, 5.74) is 2.52. The van der Waals surface area contributed by atoms with Crippen molar-refractivity contribution in [3.8, 4) is 0 Å². The van der Waals surface area contributed by atoms with Crippen molar-refractivity contribution in [2.45, 2.75) is 25.9 Å². The Morgan fingerprint density at radius 3 is 2.78 bits per heavy atom. The quantitative estimate of drug-likeness (QED) is 0.826. The number of hydrogen-bond acceptors (Lipinski definition) is 4. The van der Waals surface area contributed by atoms with E-state index < -0.39 is 0 Å². The molecule has 0 bridgehead atoms. The van der Waals surface area contributed by atoms with Crippen molar-refractivity contribution in [2.75, 3.05) is 39.4 Å². The topological polar surface area (TPSA) is 53.6 Å². The number of nitrogens with one attached hydrogen (secondary N) is 2. The van der Waals surface area contributed by atoms with Crippen LogP contribution in [-0.4, -0.2) is 50.2 Å². The third kappa shape index (κ3) is 5.03. The lowest BCUT2D eigenvalue weighted by atomic mass is 10.0. The number of carbonyl (C=O) groups is 1. The third-order valence-electron chi connectivity index (χ3n) is 4.73. The zero-order chi connectivity index (χ0) is 15.9. The number of rotatable bonds is 6. The lowest BCUT2D eigenvalue weighted by Gasteiger charge is -2.27. The first-order chi connectivity index (χ1) is 11.3. The van der Waals surface area contributed by atoms with Gasteiger partial charge in [-0.1, -0.05) is 24.3 Å². The molecule has 126 valence electrons. The summed E-state index contributed by atoms with van der Waals surface area (Å²) < 4.78 is 5.41. The van der Waals surface area contributed by atoms with E-state index in [1.165, 1.54) is 11.1 Å². The summed E-state index contributed by atoms with van der Waals surface area (Å²) in [5.74, 6) is 0.665.